The lowest BCUT2D eigenvalue weighted by Gasteiger charge is -2.46. The molecule has 0 unspecified atom stereocenters. The highest BCUT2D eigenvalue weighted by Crippen LogP contribution is 2.57. The summed E-state index contributed by atoms with van der Waals surface area (Å²) in [6.45, 7) is 0.0258. The van der Waals surface area contributed by atoms with E-state index in [1.165, 1.54) is 156 Å². The molecule has 58 heavy (non-hydrogen) atoms. The van der Waals surface area contributed by atoms with Gasteiger partial charge in [0.25, 0.3) is 0 Å². The average molecular weight is 753 g/mol. The first-order valence-corrected chi connectivity index (χ1v) is 22.7. The Kier molecular flexibility index (Phi) is 6.61. The zero-order valence-electron chi connectivity index (χ0n) is 33.4. The number of rotatable bonds is 3. The molecule has 4 bridgehead atoms. The molecule has 14 rings (SSSR count). The second-order valence-corrected chi connectivity index (χ2v) is 19.6. The third-order valence-electron chi connectivity index (χ3n) is 16.8. The highest BCUT2D eigenvalue weighted by Gasteiger charge is 2.48. The maximum Gasteiger partial charge on any atom is 0.333 e. The van der Waals surface area contributed by atoms with Gasteiger partial charge in [0.2, 0.25) is 0 Å². The molecule has 6 aromatic carbocycles. The molecule has 0 radical (unpaired) electrons. The fourth-order valence-corrected chi connectivity index (χ4v) is 14.3. The fraction of sp³-hybridized carbons (Fsp3) is 0.333. The molecule has 0 spiro atoms. The Hall–Kier alpha value is -5.22. The van der Waals surface area contributed by atoms with Crippen LogP contribution < -0.4 is 20.6 Å². The number of hydrogen-bond acceptors (Lipinski definition) is 2. The Morgan fingerprint density at radius 2 is 1.24 bits per heavy atom. The molecular formula is C54H49BN2O. The molecule has 284 valence electrons. The molecule has 0 saturated heterocycles. The third kappa shape index (κ3) is 4.32. The summed E-state index contributed by atoms with van der Waals surface area (Å²) in [4.78, 5) is 2.55. The van der Waals surface area contributed by atoms with Crippen molar-refractivity contribution in [1.82, 2.24) is 4.48 Å². The van der Waals surface area contributed by atoms with E-state index in [0.29, 0.717) is 5.41 Å². The monoisotopic (exact) mass is 752 g/mol. The topological polar surface area (TPSA) is 17.4 Å². The van der Waals surface area contributed by atoms with Crippen LogP contribution in [0, 0.1) is 11.8 Å². The van der Waals surface area contributed by atoms with Gasteiger partial charge in [0.1, 0.15) is 0 Å². The van der Waals surface area contributed by atoms with E-state index in [1.54, 1.807) is 11.1 Å². The minimum atomic E-state index is 0.0258. The van der Waals surface area contributed by atoms with Crippen molar-refractivity contribution in [2.45, 2.75) is 101 Å². The Balaban J connectivity index is 1.12. The summed E-state index contributed by atoms with van der Waals surface area (Å²) in [5.41, 5.74) is 18.4. The summed E-state index contributed by atoms with van der Waals surface area (Å²) in [5.74, 6) is 3.63. The molecule has 4 fully saturated rings. The molecule has 7 aromatic rings. The Morgan fingerprint density at radius 1 is 0.552 bits per heavy atom. The van der Waals surface area contributed by atoms with E-state index >= 15 is 0 Å². The van der Waals surface area contributed by atoms with Crippen LogP contribution in [-0.4, -0.2) is 11.3 Å². The normalized spacial score (nSPS) is 25.9. The maximum atomic E-state index is 6.80. The van der Waals surface area contributed by atoms with Crippen molar-refractivity contribution in [3.8, 4) is 33.8 Å². The zero-order valence-corrected chi connectivity index (χ0v) is 33.4. The summed E-state index contributed by atoms with van der Waals surface area (Å²) in [5, 5.41) is 2.96. The minimum absolute atomic E-state index is 0.0258. The Labute approximate surface area is 342 Å². The van der Waals surface area contributed by atoms with Crippen LogP contribution >= 0.6 is 0 Å². The van der Waals surface area contributed by atoms with Gasteiger partial charge in [0.05, 0.1) is 11.4 Å². The summed E-state index contributed by atoms with van der Waals surface area (Å²) < 4.78 is 9.59. The molecule has 3 aliphatic heterocycles. The second-order valence-electron chi connectivity index (χ2n) is 19.6. The lowest BCUT2D eigenvalue weighted by Crippen LogP contribution is -2.57. The highest BCUT2D eigenvalue weighted by atomic mass is 16.5. The predicted molar refractivity (Wildman–Crippen MR) is 240 cm³/mol. The van der Waals surface area contributed by atoms with Crippen molar-refractivity contribution < 1.29 is 4.74 Å². The van der Waals surface area contributed by atoms with Crippen molar-refractivity contribution in [3.05, 3.63) is 126 Å². The van der Waals surface area contributed by atoms with Crippen LogP contribution in [0.25, 0.3) is 44.1 Å². The van der Waals surface area contributed by atoms with Crippen molar-refractivity contribution in [2.75, 3.05) is 4.90 Å². The molecule has 0 N–H and O–H groups in total. The quantitative estimate of drug-likeness (QED) is 0.167. The van der Waals surface area contributed by atoms with Gasteiger partial charge in [-0.3, -0.25) is 0 Å². The minimum Gasteiger partial charge on any atom is -0.453 e. The standard InChI is InChI=1S/C54H49BN2O/c1-2-15-36(16-3-1)37-27-41-43-31-39(54-25-9-13-35(33-54)14-10-26-54)30-42-40-29-38(53-23-7-11-34(32-53)12-8-24-53)21-22-45(40)57(51(42)43)55-44-17-6-20-49-52(44)56(47(28-37)50(41)55)46-18-4-5-19-48(46)58-49/h1-6,15-22,27-31,34-35H,7-14,23-26,32-33H2. The molecule has 4 aliphatic carbocycles. The van der Waals surface area contributed by atoms with Gasteiger partial charge >= 0.3 is 6.85 Å². The van der Waals surface area contributed by atoms with E-state index in [9.17, 15) is 0 Å². The Bertz CT molecular complexity index is 2870. The molecule has 3 nitrogen and oxygen atoms in total. The molecule has 0 amide bonds. The number of aromatic nitrogens is 1. The van der Waals surface area contributed by atoms with Crippen LogP contribution in [0.2, 0.25) is 0 Å². The lowest BCUT2D eigenvalue weighted by molar-refractivity contribution is 0.149. The van der Waals surface area contributed by atoms with Gasteiger partial charge < -0.3 is 14.1 Å². The van der Waals surface area contributed by atoms with E-state index in [1.807, 2.05) is 0 Å². The van der Waals surface area contributed by atoms with Crippen molar-refractivity contribution in [2.24, 2.45) is 11.8 Å². The number of para-hydroxylation sites is 3. The number of anilines is 3. The van der Waals surface area contributed by atoms with Gasteiger partial charge in [-0.15, -0.1) is 0 Å². The summed E-state index contributed by atoms with van der Waals surface area (Å²) in [6, 6.07) is 44.9. The Morgan fingerprint density at radius 3 is 2.02 bits per heavy atom. The van der Waals surface area contributed by atoms with Crippen LogP contribution in [0.3, 0.4) is 0 Å². The van der Waals surface area contributed by atoms with Crippen LogP contribution in [0.1, 0.15) is 101 Å². The van der Waals surface area contributed by atoms with E-state index in [0.717, 1.165) is 29.0 Å². The molecule has 0 atom stereocenters. The first-order chi connectivity index (χ1) is 28.6. The highest BCUT2D eigenvalue weighted by molar-refractivity contribution is 6.90. The van der Waals surface area contributed by atoms with E-state index in [4.69, 9.17) is 4.74 Å². The van der Waals surface area contributed by atoms with Crippen LogP contribution in [0.15, 0.2) is 115 Å². The predicted octanol–water partition coefficient (Wildman–Crippen LogP) is 13.2. The number of hydrogen-bond donors (Lipinski definition) is 0. The van der Waals surface area contributed by atoms with Gasteiger partial charge in [-0.1, -0.05) is 112 Å². The molecule has 4 heterocycles. The van der Waals surface area contributed by atoms with Crippen LogP contribution in [0.4, 0.5) is 17.1 Å². The summed E-state index contributed by atoms with van der Waals surface area (Å²) in [6.07, 6.45) is 19.3. The first kappa shape index (κ1) is 32.7. The lowest BCUT2D eigenvalue weighted by atomic mass is 9.44. The van der Waals surface area contributed by atoms with Crippen LogP contribution in [0.5, 0.6) is 11.5 Å². The fourth-order valence-electron chi connectivity index (χ4n) is 14.3. The average Bonchev–Trinajstić information content (AvgIpc) is 3.60. The van der Waals surface area contributed by atoms with Gasteiger partial charge in [-0.05, 0) is 155 Å². The van der Waals surface area contributed by atoms with Crippen molar-refractivity contribution in [3.63, 3.8) is 0 Å². The second kappa shape index (κ2) is 11.7. The molecule has 1 aromatic heterocycles. The van der Waals surface area contributed by atoms with Gasteiger partial charge in [0.15, 0.2) is 11.5 Å². The number of ether oxygens (including phenoxy) is 1. The van der Waals surface area contributed by atoms with Gasteiger partial charge in [0, 0.05) is 33.1 Å². The number of fused-ring (bicyclic) bond motifs is 13. The third-order valence-corrected chi connectivity index (χ3v) is 16.8. The first-order valence-electron chi connectivity index (χ1n) is 22.7. The smallest absolute Gasteiger partial charge is 0.333 e. The molecule has 7 aliphatic rings. The van der Waals surface area contributed by atoms with Gasteiger partial charge in [-0.2, -0.15) is 0 Å². The van der Waals surface area contributed by atoms with Gasteiger partial charge in [-0.25, -0.2) is 0 Å². The molecule has 4 saturated carbocycles. The van der Waals surface area contributed by atoms with Crippen LogP contribution in [-0.2, 0) is 10.8 Å². The van der Waals surface area contributed by atoms with E-state index in [-0.39, 0.29) is 12.3 Å². The van der Waals surface area contributed by atoms with Crippen molar-refractivity contribution >= 4 is 56.6 Å². The number of nitrogens with zero attached hydrogens (tertiary/aromatic N) is 2. The molecule has 4 heteroatoms. The summed E-state index contributed by atoms with van der Waals surface area (Å²) in [7, 11) is 0. The van der Waals surface area contributed by atoms with E-state index in [2.05, 4.69) is 125 Å². The largest absolute Gasteiger partial charge is 0.453 e. The maximum absolute atomic E-state index is 6.80. The van der Waals surface area contributed by atoms with Crippen molar-refractivity contribution in [1.29, 1.82) is 0 Å². The summed E-state index contributed by atoms with van der Waals surface area (Å²) >= 11 is 0. The number of benzene rings is 6. The zero-order chi connectivity index (χ0) is 37.7. The SMILES string of the molecule is c1ccc(-c2cc3c4c(c2)N2c5ccccc5Oc5cccc(c52)B4n2c4ccc(C56CCCC(CCC5)C6)cc4c4cc(C56CCCC(CCC5)C6)cc-3c42)cc1. The van der Waals surface area contributed by atoms with E-state index < -0.39 is 0 Å². The molecular weight excluding hydrogens is 703 g/mol.